The Labute approximate surface area is 279 Å². The van der Waals surface area contributed by atoms with Crippen molar-refractivity contribution in [2.75, 3.05) is 38.5 Å². The summed E-state index contributed by atoms with van der Waals surface area (Å²) in [4.78, 5) is 24.0. The van der Waals surface area contributed by atoms with Gasteiger partial charge in [0, 0.05) is 18.4 Å². The number of carbonyl (C=O) groups excluding carboxylic acids is 1. The third kappa shape index (κ3) is 5.68. The number of halogens is 6. The Hall–Kier alpha value is -4.62. The smallest absolute Gasteiger partial charge is 0.417 e. The number of thiophene rings is 1. The van der Waals surface area contributed by atoms with Crippen LogP contribution in [0.15, 0.2) is 36.9 Å². The van der Waals surface area contributed by atoms with Crippen LogP contribution in [0.1, 0.15) is 30.4 Å². The lowest BCUT2D eigenvalue weighted by Crippen LogP contribution is -2.43. The molecule has 7 rings (SSSR count). The molecule has 256 valence electrons. The maximum Gasteiger partial charge on any atom is 0.417 e. The number of nitrogens with two attached hydrogens (primary N) is 1. The maximum atomic E-state index is 15.1. The molecule has 3 aliphatic heterocycles. The van der Waals surface area contributed by atoms with Gasteiger partial charge in [-0.3, -0.25) is 9.69 Å². The number of alkyl halides is 5. The SMILES string of the molecule is C=CC(=O)N1C[C@H](Oc2nc(OC[C@@]34CCCN3C[C@H](F)C4)nc3cc(-c4ccc(F)c5sc(N)c(C#N)c45)c(C(F)(F)F)cc23)[C@@H](F)C1. The Morgan fingerprint density at radius 3 is 2.73 bits per heavy atom. The van der Waals surface area contributed by atoms with E-state index in [4.69, 9.17) is 15.2 Å². The molecule has 0 unspecified atom stereocenters. The molecule has 4 aromatic rings. The van der Waals surface area contributed by atoms with Crippen LogP contribution in [0.4, 0.5) is 31.3 Å². The molecule has 0 saturated carbocycles. The third-order valence-corrected chi connectivity index (χ3v) is 10.5. The molecule has 1 amide bonds. The van der Waals surface area contributed by atoms with Gasteiger partial charge in [0.2, 0.25) is 11.8 Å². The number of hydrogen-bond donors (Lipinski definition) is 1. The summed E-state index contributed by atoms with van der Waals surface area (Å²) in [5.74, 6) is -1.73. The number of rotatable bonds is 7. The quantitative estimate of drug-likeness (QED) is 0.179. The van der Waals surface area contributed by atoms with Gasteiger partial charge in [-0.2, -0.15) is 28.4 Å². The van der Waals surface area contributed by atoms with Crippen molar-refractivity contribution in [3.8, 4) is 29.1 Å². The summed E-state index contributed by atoms with van der Waals surface area (Å²) in [6.45, 7) is 3.78. The highest BCUT2D eigenvalue weighted by molar-refractivity contribution is 7.23. The second kappa shape index (κ2) is 12.1. The fourth-order valence-electron chi connectivity index (χ4n) is 7.21. The molecule has 0 radical (unpaired) electrons. The van der Waals surface area contributed by atoms with Crippen LogP contribution < -0.4 is 15.2 Å². The van der Waals surface area contributed by atoms with Crippen LogP contribution in [0.2, 0.25) is 0 Å². The number of aromatic nitrogens is 2. The molecule has 3 saturated heterocycles. The van der Waals surface area contributed by atoms with Crippen LogP contribution in [-0.4, -0.2) is 82.4 Å². The van der Waals surface area contributed by atoms with E-state index in [0.29, 0.717) is 13.0 Å². The molecule has 2 aromatic carbocycles. The number of likely N-dealkylation sites (tertiary alicyclic amines) is 1. The van der Waals surface area contributed by atoms with E-state index in [0.717, 1.165) is 53.0 Å². The number of nitriles is 1. The lowest BCUT2D eigenvalue weighted by molar-refractivity contribution is -0.137. The molecular weight excluding hydrogens is 674 g/mol. The Bertz CT molecular complexity index is 2050. The van der Waals surface area contributed by atoms with Crippen LogP contribution in [0.5, 0.6) is 11.9 Å². The van der Waals surface area contributed by atoms with Crippen molar-refractivity contribution in [3.63, 3.8) is 0 Å². The number of benzene rings is 2. The number of nitrogen functional groups attached to an aromatic ring is 1. The van der Waals surface area contributed by atoms with Gasteiger partial charge in [-0.15, -0.1) is 11.3 Å². The molecule has 0 aliphatic carbocycles. The number of carbonyl (C=O) groups is 1. The predicted octanol–water partition coefficient (Wildman–Crippen LogP) is 6.19. The van der Waals surface area contributed by atoms with Gasteiger partial charge in [-0.05, 0) is 54.8 Å². The van der Waals surface area contributed by atoms with Gasteiger partial charge in [0.05, 0.1) is 45.4 Å². The second-order valence-electron chi connectivity index (χ2n) is 12.5. The normalized spacial score (nSPS) is 24.0. The van der Waals surface area contributed by atoms with Gasteiger partial charge in [-0.25, -0.2) is 13.2 Å². The number of ether oxygens (including phenoxy) is 2. The van der Waals surface area contributed by atoms with Crippen LogP contribution in [0.3, 0.4) is 0 Å². The van der Waals surface area contributed by atoms with Crippen LogP contribution >= 0.6 is 11.3 Å². The number of amides is 1. The van der Waals surface area contributed by atoms with Gasteiger partial charge in [0.15, 0.2) is 12.3 Å². The van der Waals surface area contributed by atoms with Crippen molar-refractivity contribution in [1.82, 2.24) is 19.8 Å². The van der Waals surface area contributed by atoms with E-state index in [1.165, 1.54) is 0 Å². The summed E-state index contributed by atoms with van der Waals surface area (Å²) in [7, 11) is 0. The van der Waals surface area contributed by atoms with E-state index in [9.17, 15) is 32.0 Å². The van der Waals surface area contributed by atoms with E-state index in [1.807, 2.05) is 11.0 Å². The topological polar surface area (TPSA) is 118 Å². The molecule has 2 N–H and O–H groups in total. The predicted molar refractivity (Wildman–Crippen MR) is 169 cm³/mol. The number of anilines is 1. The zero-order chi connectivity index (χ0) is 34.8. The zero-order valence-corrected chi connectivity index (χ0v) is 26.5. The summed E-state index contributed by atoms with van der Waals surface area (Å²) in [5, 5.41) is 9.40. The molecule has 0 bridgehead atoms. The Morgan fingerprint density at radius 1 is 1.20 bits per heavy atom. The highest BCUT2D eigenvalue weighted by atomic mass is 32.1. The van der Waals surface area contributed by atoms with Crippen LogP contribution in [0, 0.1) is 17.1 Å². The van der Waals surface area contributed by atoms with E-state index < -0.39 is 58.9 Å². The van der Waals surface area contributed by atoms with Crippen molar-refractivity contribution in [2.45, 2.75) is 49.4 Å². The minimum Gasteiger partial charge on any atom is -0.469 e. The first kappa shape index (κ1) is 32.9. The molecule has 2 aromatic heterocycles. The van der Waals surface area contributed by atoms with Crippen molar-refractivity contribution in [1.29, 1.82) is 5.26 Å². The van der Waals surface area contributed by atoms with Gasteiger partial charge in [0.25, 0.3) is 0 Å². The van der Waals surface area contributed by atoms with Crippen molar-refractivity contribution in [3.05, 3.63) is 53.9 Å². The summed E-state index contributed by atoms with van der Waals surface area (Å²) < 4.78 is 101. The van der Waals surface area contributed by atoms with Crippen LogP contribution in [-0.2, 0) is 11.0 Å². The lowest BCUT2D eigenvalue weighted by atomic mass is 9.93. The average Bonchev–Trinajstić information content (AvgIpc) is 3.79. The Morgan fingerprint density at radius 2 is 2.00 bits per heavy atom. The van der Waals surface area contributed by atoms with Gasteiger partial charge in [-0.1, -0.05) is 12.6 Å². The molecule has 9 nitrogen and oxygen atoms in total. The first-order valence-corrected chi connectivity index (χ1v) is 16.2. The minimum absolute atomic E-state index is 0.0130. The largest absolute Gasteiger partial charge is 0.469 e. The minimum atomic E-state index is -4.98. The number of nitrogens with zero attached hydrogens (tertiary/aromatic N) is 5. The monoisotopic (exact) mass is 702 g/mol. The molecule has 3 fully saturated rings. The lowest BCUT2D eigenvalue weighted by Gasteiger charge is -2.30. The van der Waals surface area contributed by atoms with Crippen molar-refractivity contribution < 1.29 is 40.6 Å². The van der Waals surface area contributed by atoms with Gasteiger partial charge < -0.3 is 20.1 Å². The van der Waals surface area contributed by atoms with Crippen molar-refractivity contribution >= 4 is 43.2 Å². The molecular formula is C33H28F6N6O3S. The third-order valence-electron chi connectivity index (χ3n) is 9.48. The highest BCUT2D eigenvalue weighted by Crippen LogP contribution is 2.47. The fraction of sp³-hybridized carbons (Fsp3) is 0.394. The number of hydrogen-bond acceptors (Lipinski definition) is 9. The first-order chi connectivity index (χ1) is 23.3. The summed E-state index contributed by atoms with van der Waals surface area (Å²) in [6.07, 6.45) is -6.29. The molecule has 4 atom stereocenters. The van der Waals surface area contributed by atoms with E-state index >= 15 is 4.39 Å². The first-order valence-electron chi connectivity index (χ1n) is 15.4. The summed E-state index contributed by atoms with van der Waals surface area (Å²) >= 11 is 0.741. The highest BCUT2D eigenvalue weighted by Gasteiger charge is 2.49. The molecule has 16 heteroatoms. The molecule has 49 heavy (non-hydrogen) atoms. The fourth-order valence-corrected chi connectivity index (χ4v) is 8.16. The van der Waals surface area contributed by atoms with Gasteiger partial charge in [0.1, 0.15) is 29.7 Å². The van der Waals surface area contributed by atoms with Crippen molar-refractivity contribution in [2.24, 2.45) is 0 Å². The molecule has 0 spiro atoms. The molecule has 3 aliphatic rings. The number of fused-ring (bicyclic) bond motifs is 3. The van der Waals surface area contributed by atoms with E-state index in [2.05, 4.69) is 16.5 Å². The Balaban J connectivity index is 1.39. The zero-order valence-electron chi connectivity index (χ0n) is 25.7. The van der Waals surface area contributed by atoms with E-state index in [1.54, 1.807) is 0 Å². The summed E-state index contributed by atoms with van der Waals surface area (Å²) in [5.41, 5.74) is 3.35. The summed E-state index contributed by atoms with van der Waals surface area (Å²) in [6, 6.07) is 5.54. The standard InChI is InChI=1S/C33H28F6N6O3S/c1-2-26(46)44-13-23(36)25(14-44)48-30-19-8-21(33(37,38)39)18(17-4-5-22(35)28-27(17)20(11-40)29(41)49-28)9-24(19)42-31(43-30)47-15-32-6-3-7-45(32)12-16(34)10-32/h2,4-5,8-9,16,23,25H,1,3,6-7,10,12-15,41H2/t16-,23+,25+,32+/m1/s1. The van der Waals surface area contributed by atoms with Gasteiger partial charge >= 0.3 is 12.2 Å². The van der Waals surface area contributed by atoms with E-state index in [-0.39, 0.29) is 75.8 Å². The van der Waals surface area contributed by atoms with Crippen LogP contribution in [0.25, 0.3) is 32.1 Å². The average molecular weight is 703 g/mol. The maximum absolute atomic E-state index is 15.1. The second-order valence-corrected chi connectivity index (χ2v) is 13.5. The Kier molecular flexibility index (Phi) is 8.10. The molecule has 5 heterocycles.